The summed E-state index contributed by atoms with van der Waals surface area (Å²) in [6.07, 6.45) is 7.88. The van der Waals surface area contributed by atoms with Gasteiger partial charge in [0.2, 0.25) is 0 Å². The molecule has 1 aliphatic rings. The molecule has 0 atom stereocenters. The molecule has 0 amide bonds. The first-order valence-corrected chi connectivity index (χ1v) is 5.28. The van der Waals surface area contributed by atoms with Crippen molar-refractivity contribution in [2.75, 3.05) is 0 Å². The van der Waals surface area contributed by atoms with Gasteiger partial charge in [-0.15, -0.1) is 0 Å². The van der Waals surface area contributed by atoms with Gasteiger partial charge in [0.1, 0.15) is 6.33 Å². The molecule has 0 saturated heterocycles. The van der Waals surface area contributed by atoms with Crippen molar-refractivity contribution < 1.29 is 9.90 Å². The SMILES string of the molecule is O=C(O)Cc1cncnc1C1CCCC1. The summed E-state index contributed by atoms with van der Waals surface area (Å²) in [5, 5.41) is 8.78. The zero-order valence-corrected chi connectivity index (χ0v) is 8.52. The lowest BCUT2D eigenvalue weighted by molar-refractivity contribution is -0.136. The number of rotatable bonds is 3. The molecule has 2 rings (SSSR count). The maximum Gasteiger partial charge on any atom is 0.307 e. The van der Waals surface area contributed by atoms with Crippen LogP contribution in [-0.2, 0) is 11.2 Å². The van der Waals surface area contributed by atoms with Crippen LogP contribution in [0.5, 0.6) is 0 Å². The van der Waals surface area contributed by atoms with Crippen molar-refractivity contribution >= 4 is 5.97 Å². The van der Waals surface area contributed by atoms with Crippen LogP contribution in [-0.4, -0.2) is 21.0 Å². The van der Waals surface area contributed by atoms with Gasteiger partial charge in [0.25, 0.3) is 0 Å². The Hall–Kier alpha value is -1.45. The van der Waals surface area contributed by atoms with E-state index in [2.05, 4.69) is 9.97 Å². The molecule has 1 fully saturated rings. The smallest absolute Gasteiger partial charge is 0.307 e. The Bertz CT molecular complexity index is 359. The van der Waals surface area contributed by atoms with E-state index in [1.165, 1.54) is 19.2 Å². The van der Waals surface area contributed by atoms with Gasteiger partial charge in [-0.05, 0) is 12.8 Å². The summed E-state index contributed by atoms with van der Waals surface area (Å²) in [6.45, 7) is 0. The number of aromatic nitrogens is 2. The molecule has 0 aliphatic heterocycles. The first kappa shape index (κ1) is 10.1. The van der Waals surface area contributed by atoms with Gasteiger partial charge in [0, 0.05) is 17.7 Å². The summed E-state index contributed by atoms with van der Waals surface area (Å²) >= 11 is 0. The fourth-order valence-corrected chi connectivity index (χ4v) is 2.23. The molecular formula is C11H14N2O2. The van der Waals surface area contributed by atoms with Gasteiger partial charge in [-0.3, -0.25) is 4.79 Å². The van der Waals surface area contributed by atoms with Gasteiger partial charge in [0.15, 0.2) is 0 Å². The Kier molecular flexibility index (Phi) is 2.94. The lowest BCUT2D eigenvalue weighted by Crippen LogP contribution is -2.08. The Morgan fingerprint density at radius 2 is 2.20 bits per heavy atom. The van der Waals surface area contributed by atoms with Crippen molar-refractivity contribution in [1.29, 1.82) is 0 Å². The van der Waals surface area contributed by atoms with E-state index in [9.17, 15) is 4.79 Å². The minimum Gasteiger partial charge on any atom is -0.481 e. The molecule has 4 heteroatoms. The highest BCUT2D eigenvalue weighted by Gasteiger charge is 2.21. The first-order valence-electron chi connectivity index (χ1n) is 5.28. The summed E-state index contributed by atoms with van der Waals surface area (Å²) in [6, 6.07) is 0. The number of carboxylic acid groups (broad SMARTS) is 1. The molecule has 4 nitrogen and oxygen atoms in total. The maximum absolute atomic E-state index is 10.7. The van der Waals surface area contributed by atoms with Gasteiger partial charge in [-0.1, -0.05) is 12.8 Å². The molecule has 0 bridgehead atoms. The topological polar surface area (TPSA) is 63.1 Å². The van der Waals surface area contributed by atoms with Crippen molar-refractivity contribution in [3.63, 3.8) is 0 Å². The average molecular weight is 206 g/mol. The quantitative estimate of drug-likeness (QED) is 0.818. The minimum atomic E-state index is -0.816. The summed E-state index contributed by atoms with van der Waals surface area (Å²) < 4.78 is 0. The van der Waals surface area contributed by atoms with Crippen LogP contribution in [0.25, 0.3) is 0 Å². The second-order valence-corrected chi connectivity index (χ2v) is 3.99. The van der Waals surface area contributed by atoms with E-state index in [0.717, 1.165) is 24.1 Å². The van der Waals surface area contributed by atoms with Gasteiger partial charge < -0.3 is 5.11 Å². The standard InChI is InChI=1S/C11H14N2O2/c14-10(15)5-9-6-12-7-13-11(9)8-3-1-2-4-8/h6-8H,1-5H2,(H,14,15). The maximum atomic E-state index is 10.7. The van der Waals surface area contributed by atoms with Crippen molar-refractivity contribution in [2.24, 2.45) is 0 Å². The Morgan fingerprint density at radius 1 is 1.47 bits per heavy atom. The molecule has 0 aromatic carbocycles. The Labute approximate surface area is 88.4 Å². The summed E-state index contributed by atoms with van der Waals surface area (Å²) in [5.74, 6) is -0.369. The molecule has 0 radical (unpaired) electrons. The van der Waals surface area contributed by atoms with E-state index in [4.69, 9.17) is 5.11 Å². The summed E-state index contributed by atoms with van der Waals surface area (Å²) in [5.41, 5.74) is 1.72. The molecule has 1 N–H and O–H groups in total. The van der Waals surface area contributed by atoms with E-state index in [1.807, 2.05) is 0 Å². The van der Waals surface area contributed by atoms with E-state index >= 15 is 0 Å². The summed E-state index contributed by atoms with van der Waals surface area (Å²) in [4.78, 5) is 18.8. The second-order valence-electron chi connectivity index (χ2n) is 3.99. The number of carbonyl (C=O) groups is 1. The van der Waals surface area contributed by atoms with Gasteiger partial charge >= 0.3 is 5.97 Å². The zero-order chi connectivity index (χ0) is 10.7. The van der Waals surface area contributed by atoms with Crippen LogP contribution < -0.4 is 0 Å². The fourth-order valence-electron chi connectivity index (χ4n) is 2.23. The van der Waals surface area contributed by atoms with Gasteiger partial charge in [-0.25, -0.2) is 9.97 Å². The highest BCUT2D eigenvalue weighted by atomic mass is 16.4. The van der Waals surface area contributed by atoms with Crippen LogP contribution in [0.2, 0.25) is 0 Å². The van der Waals surface area contributed by atoms with Crippen LogP contribution in [0, 0.1) is 0 Å². The lowest BCUT2D eigenvalue weighted by Gasteiger charge is -2.11. The lowest BCUT2D eigenvalue weighted by atomic mass is 9.98. The number of nitrogens with zero attached hydrogens (tertiary/aromatic N) is 2. The van der Waals surface area contributed by atoms with Crippen molar-refractivity contribution in [3.05, 3.63) is 23.8 Å². The molecule has 1 heterocycles. The van der Waals surface area contributed by atoms with Crippen molar-refractivity contribution in [1.82, 2.24) is 9.97 Å². The number of hydrogen-bond acceptors (Lipinski definition) is 3. The highest BCUT2D eigenvalue weighted by molar-refractivity contribution is 5.70. The van der Waals surface area contributed by atoms with E-state index in [1.54, 1.807) is 6.20 Å². The third-order valence-electron chi connectivity index (χ3n) is 2.91. The van der Waals surface area contributed by atoms with E-state index in [0.29, 0.717) is 5.92 Å². The number of carboxylic acids is 1. The van der Waals surface area contributed by atoms with Crippen LogP contribution in [0.4, 0.5) is 0 Å². The molecule has 0 unspecified atom stereocenters. The third-order valence-corrected chi connectivity index (χ3v) is 2.91. The average Bonchev–Trinajstić information content (AvgIpc) is 2.70. The molecule has 0 spiro atoms. The Morgan fingerprint density at radius 3 is 2.87 bits per heavy atom. The second kappa shape index (κ2) is 4.38. The largest absolute Gasteiger partial charge is 0.481 e. The van der Waals surface area contributed by atoms with Gasteiger partial charge in [0.05, 0.1) is 12.1 Å². The van der Waals surface area contributed by atoms with Gasteiger partial charge in [-0.2, -0.15) is 0 Å². The molecule has 15 heavy (non-hydrogen) atoms. The van der Waals surface area contributed by atoms with Crippen LogP contribution in [0.15, 0.2) is 12.5 Å². The van der Waals surface area contributed by atoms with E-state index in [-0.39, 0.29) is 6.42 Å². The molecule has 1 aliphatic carbocycles. The molecule has 1 aromatic rings. The highest BCUT2D eigenvalue weighted by Crippen LogP contribution is 2.34. The molecular weight excluding hydrogens is 192 g/mol. The number of hydrogen-bond donors (Lipinski definition) is 1. The van der Waals surface area contributed by atoms with Crippen LogP contribution >= 0.6 is 0 Å². The van der Waals surface area contributed by atoms with Crippen molar-refractivity contribution in [2.45, 2.75) is 38.0 Å². The van der Waals surface area contributed by atoms with Crippen LogP contribution in [0.1, 0.15) is 42.9 Å². The van der Waals surface area contributed by atoms with Crippen LogP contribution in [0.3, 0.4) is 0 Å². The Balaban J connectivity index is 2.24. The monoisotopic (exact) mass is 206 g/mol. The first-order chi connectivity index (χ1) is 7.27. The molecule has 80 valence electrons. The predicted molar refractivity (Wildman–Crippen MR) is 54.6 cm³/mol. The minimum absolute atomic E-state index is 0.0344. The van der Waals surface area contributed by atoms with E-state index < -0.39 is 5.97 Å². The predicted octanol–water partition coefficient (Wildman–Crippen LogP) is 1.76. The van der Waals surface area contributed by atoms with Crippen molar-refractivity contribution in [3.8, 4) is 0 Å². The summed E-state index contributed by atoms with van der Waals surface area (Å²) in [7, 11) is 0. The third kappa shape index (κ3) is 2.32. The fraction of sp³-hybridized carbons (Fsp3) is 0.545. The zero-order valence-electron chi connectivity index (χ0n) is 8.52. The normalized spacial score (nSPS) is 16.8. The number of aliphatic carboxylic acids is 1. The molecule has 1 saturated carbocycles. The molecule has 1 aromatic heterocycles.